The van der Waals surface area contributed by atoms with Crippen LogP contribution in [-0.2, 0) is 11.4 Å². The van der Waals surface area contributed by atoms with Crippen molar-refractivity contribution in [2.24, 2.45) is 5.90 Å². The third-order valence-electron chi connectivity index (χ3n) is 1.43. The fourth-order valence-corrected chi connectivity index (χ4v) is 0.860. The molecule has 0 fully saturated rings. The van der Waals surface area contributed by atoms with Crippen molar-refractivity contribution in [3.8, 4) is 5.75 Å². The molecule has 1 rings (SSSR count). The second-order valence-electron chi connectivity index (χ2n) is 2.22. The highest BCUT2D eigenvalue weighted by Gasteiger charge is 2.03. The van der Waals surface area contributed by atoms with E-state index in [1.165, 1.54) is 0 Å². The molecule has 0 amide bonds. The zero-order chi connectivity index (χ0) is 9.68. The molecule has 0 saturated carbocycles. The molecule has 1 aromatic rings. The van der Waals surface area contributed by atoms with Gasteiger partial charge in [0, 0.05) is 5.56 Å². The van der Waals surface area contributed by atoms with Gasteiger partial charge in [-0.3, -0.25) is 0 Å². The molecule has 70 valence electrons. The van der Waals surface area contributed by atoms with Crippen LogP contribution in [0.5, 0.6) is 5.75 Å². The fourth-order valence-electron chi connectivity index (χ4n) is 0.860. The molecule has 0 aliphatic carbocycles. The van der Waals surface area contributed by atoms with Crippen LogP contribution in [0.3, 0.4) is 0 Å². The summed E-state index contributed by atoms with van der Waals surface area (Å²) < 4.78 is 0. The Hall–Kier alpha value is -1.82. The Balaban J connectivity index is 2.69. The quantitative estimate of drug-likeness (QED) is 0.548. The van der Waals surface area contributed by atoms with E-state index in [2.05, 4.69) is 9.68 Å². The van der Waals surface area contributed by atoms with Gasteiger partial charge >= 0.3 is 0 Å². The Morgan fingerprint density at radius 2 is 2.15 bits per heavy atom. The van der Waals surface area contributed by atoms with Gasteiger partial charge in [0.15, 0.2) is 5.75 Å². The molecule has 0 spiro atoms. The molecule has 6 heteroatoms. The minimum absolute atomic E-state index is 0.166. The van der Waals surface area contributed by atoms with Crippen molar-refractivity contribution in [3.63, 3.8) is 0 Å². The first kappa shape index (κ1) is 9.27. The largest absolute Gasteiger partial charge is 0.411 e. The number of nitrogens with two attached hydrogens (primary N) is 1. The van der Waals surface area contributed by atoms with Crippen LogP contribution >= 0.6 is 0 Å². The van der Waals surface area contributed by atoms with E-state index in [0.29, 0.717) is 11.3 Å². The van der Waals surface area contributed by atoms with Gasteiger partial charge in [-0.15, -0.1) is 10.1 Å². The van der Waals surface area contributed by atoms with Crippen LogP contribution in [0.25, 0.3) is 0 Å². The number of hydrogen-bond acceptors (Lipinski definition) is 5. The first-order valence-corrected chi connectivity index (χ1v) is 3.46. The Kier molecular flexibility index (Phi) is 3.04. The molecule has 0 unspecified atom stereocenters. The average molecular weight is 184 g/mol. The Bertz CT molecular complexity index is 302. The molecule has 0 bridgehead atoms. The fraction of sp³-hybridized carbons (Fsp3) is 0.143. The lowest BCUT2D eigenvalue weighted by Crippen LogP contribution is -2.07. The summed E-state index contributed by atoms with van der Waals surface area (Å²) in [6, 6.07) is 6.64. The summed E-state index contributed by atoms with van der Waals surface area (Å²) in [7, 11) is 0. The van der Waals surface area contributed by atoms with E-state index in [9.17, 15) is 10.1 Å². The van der Waals surface area contributed by atoms with Crippen molar-refractivity contribution in [1.82, 2.24) is 0 Å². The number of hydrogen-bond donors (Lipinski definition) is 1. The highest BCUT2D eigenvalue weighted by molar-refractivity contribution is 5.32. The second-order valence-corrected chi connectivity index (χ2v) is 2.22. The van der Waals surface area contributed by atoms with E-state index < -0.39 is 5.09 Å². The van der Waals surface area contributed by atoms with Gasteiger partial charge in [0.25, 0.3) is 5.09 Å². The summed E-state index contributed by atoms with van der Waals surface area (Å²) in [5.41, 5.74) is 0.529. The van der Waals surface area contributed by atoms with Crippen LogP contribution in [0.4, 0.5) is 0 Å². The predicted molar refractivity (Wildman–Crippen MR) is 43.0 cm³/mol. The molecule has 0 saturated heterocycles. The van der Waals surface area contributed by atoms with E-state index in [1.54, 1.807) is 24.3 Å². The van der Waals surface area contributed by atoms with Crippen molar-refractivity contribution >= 4 is 0 Å². The first-order valence-electron chi connectivity index (χ1n) is 3.46. The van der Waals surface area contributed by atoms with E-state index >= 15 is 0 Å². The molecule has 0 heterocycles. The molecule has 0 aliphatic heterocycles. The Morgan fingerprint density at radius 3 is 2.77 bits per heavy atom. The van der Waals surface area contributed by atoms with Crippen molar-refractivity contribution in [3.05, 3.63) is 39.9 Å². The molecule has 0 aliphatic rings. The maximum atomic E-state index is 9.88. The van der Waals surface area contributed by atoms with Gasteiger partial charge in [0.1, 0.15) is 6.61 Å². The van der Waals surface area contributed by atoms with Gasteiger partial charge in [-0.05, 0) is 6.07 Å². The van der Waals surface area contributed by atoms with Gasteiger partial charge in [-0.1, -0.05) is 18.2 Å². The number of nitrogens with zero attached hydrogens (tertiary/aromatic N) is 1. The molecule has 2 N–H and O–H groups in total. The lowest BCUT2D eigenvalue weighted by Gasteiger charge is -2.04. The van der Waals surface area contributed by atoms with Crippen LogP contribution in [0.1, 0.15) is 5.56 Å². The molecular weight excluding hydrogens is 176 g/mol. The van der Waals surface area contributed by atoms with E-state index in [-0.39, 0.29) is 6.61 Å². The first-order chi connectivity index (χ1) is 6.24. The zero-order valence-electron chi connectivity index (χ0n) is 6.67. The third-order valence-corrected chi connectivity index (χ3v) is 1.43. The molecule has 13 heavy (non-hydrogen) atoms. The molecule has 1 aromatic carbocycles. The summed E-state index contributed by atoms with van der Waals surface area (Å²) in [6.07, 6.45) is 0. The summed E-state index contributed by atoms with van der Waals surface area (Å²) in [6.45, 7) is -0.166. The summed E-state index contributed by atoms with van der Waals surface area (Å²) >= 11 is 0. The van der Waals surface area contributed by atoms with Gasteiger partial charge in [0.05, 0.1) is 0 Å². The smallest absolute Gasteiger partial charge is 0.294 e. The van der Waals surface area contributed by atoms with Gasteiger partial charge in [0.2, 0.25) is 0 Å². The Morgan fingerprint density at radius 1 is 1.46 bits per heavy atom. The van der Waals surface area contributed by atoms with Crippen molar-refractivity contribution in [2.75, 3.05) is 0 Å². The van der Waals surface area contributed by atoms with Gasteiger partial charge < -0.3 is 9.68 Å². The summed E-state index contributed by atoms with van der Waals surface area (Å²) in [5.74, 6) is 5.30. The molecule has 0 atom stereocenters. The van der Waals surface area contributed by atoms with Crippen molar-refractivity contribution < 1.29 is 14.8 Å². The summed E-state index contributed by atoms with van der Waals surface area (Å²) in [5, 5.41) is 9.02. The van der Waals surface area contributed by atoms with E-state index in [4.69, 9.17) is 5.90 Å². The standard InChI is InChI=1S/C7H8N2O4/c8-13-7-4-2-1-3-6(7)5-12-9(10)11/h1-4H,5,8H2. The topological polar surface area (TPSA) is 87.6 Å². The van der Waals surface area contributed by atoms with E-state index in [1.807, 2.05) is 0 Å². The Labute approximate surface area is 73.9 Å². The van der Waals surface area contributed by atoms with E-state index in [0.717, 1.165) is 0 Å². The summed E-state index contributed by atoms with van der Waals surface area (Å²) in [4.78, 5) is 18.5. The molecule has 6 nitrogen and oxygen atoms in total. The normalized spacial score (nSPS) is 9.31. The monoisotopic (exact) mass is 184 g/mol. The van der Waals surface area contributed by atoms with Crippen LogP contribution < -0.4 is 10.7 Å². The van der Waals surface area contributed by atoms with Crippen LogP contribution in [-0.4, -0.2) is 5.09 Å². The van der Waals surface area contributed by atoms with Crippen LogP contribution in [0.2, 0.25) is 0 Å². The highest BCUT2D eigenvalue weighted by Crippen LogP contribution is 2.16. The van der Waals surface area contributed by atoms with Crippen LogP contribution in [0.15, 0.2) is 24.3 Å². The maximum Gasteiger partial charge on any atom is 0.294 e. The zero-order valence-corrected chi connectivity index (χ0v) is 6.67. The minimum Gasteiger partial charge on any atom is -0.411 e. The molecular formula is C7H8N2O4. The number of benzene rings is 1. The third kappa shape index (κ3) is 2.60. The average Bonchev–Trinajstić information content (AvgIpc) is 2.15. The number of para-hydroxylation sites is 1. The predicted octanol–water partition coefficient (Wildman–Crippen LogP) is 0.647. The molecule has 0 radical (unpaired) electrons. The minimum atomic E-state index is -0.868. The lowest BCUT2D eigenvalue weighted by atomic mass is 10.2. The van der Waals surface area contributed by atoms with Crippen molar-refractivity contribution in [1.29, 1.82) is 0 Å². The SMILES string of the molecule is NOc1ccccc1CO[N+](=O)[O-]. The van der Waals surface area contributed by atoms with Gasteiger partial charge in [-0.25, -0.2) is 0 Å². The second kappa shape index (κ2) is 4.27. The highest BCUT2D eigenvalue weighted by atomic mass is 16.9. The number of rotatable bonds is 4. The molecule has 0 aromatic heterocycles. The lowest BCUT2D eigenvalue weighted by molar-refractivity contribution is -0.763. The van der Waals surface area contributed by atoms with Gasteiger partial charge in [-0.2, -0.15) is 5.90 Å². The van der Waals surface area contributed by atoms with Crippen molar-refractivity contribution in [2.45, 2.75) is 6.61 Å². The van der Waals surface area contributed by atoms with Crippen LogP contribution in [0, 0.1) is 10.1 Å². The maximum absolute atomic E-state index is 9.88.